The average Bonchev–Trinajstić information content (AvgIpc) is 3.35. The molecule has 286 valence electrons. The van der Waals surface area contributed by atoms with E-state index in [1.54, 1.807) is 0 Å². The molecular formula is C58H39N3. The van der Waals surface area contributed by atoms with Crippen LogP contribution >= 0.6 is 0 Å². The van der Waals surface area contributed by atoms with Gasteiger partial charge in [0.2, 0.25) is 0 Å². The Morgan fingerprint density at radius 2 is 0.656 bits per heavy atom. The molecule has 0 unspecified atom stereocenters. The quantitative estimate of drug-likeness (QED) is 0.144. The third kappa shape index (κ3) is 6.88. The van der Waals surface area contributed by atoms with Gasteiger partial charge in [0.25, 0.3) is 0 Å². The zero-order valence-corrected chi connectivity index (χ0v) is 33.4. The van der Waals surface area contributed by atoms with Gasteiger partial charge in [-0.25, -0.2) is 9.97 Å². The maximum Gasteiger partial charge on any atom is 0.0979 e. The van der Waals surface area contributed by atoms with E-state index in [1.165, 1.54) is 22.3 Å². The number of anilines is 3. The van der Waals surface area contributed by atoms with Gasteiger partial charge in [-0.05, 0) is 98.1 Å². The summed E-state index contributed by atoms with van der Waals surface area (Å²) < 4.78 is 0. The van der Waals surface area contributed by atoms with Crippen molar-refractivity contribution in [2.75, 3.05) is 4.90 Å². The first-order valence-electron chi connectivity index (χ1n) is 20.7. The first-order valence-corrected chi connectivity index (χ1v) is 20.7. The van der Waals surface area contributed by atoms with Crippen LogP contribution in [0.25, 0.3) is 88.5 Å². The van der Waals surface area contributed by atoms with Crippen molar-refractivity contribution in [1.29, 1.82) is 0 Å². The van der Waals surface area contributed by atoms with Crippen molar-refractivity contribution < 1.29 is 0 Å². The summed E-state index contributed by atoms with van der Waals surface area (Å²) in [5.41, 5.74) is 16.0. The third-order valence-electron chi connectivity index (χ3n) is 11.7. The zero-order valence-electron chi connectivity index (χ0n) is 33.4. The number of hydrogen-bond donors (Lipinski definition) is 0. The van der Waals surface area contributed by atoms with E-state index in [-0.39, 0.29) is 0 Å². The van der Waals surface area contributed by atoms with E-state index in [2.05, 4.69) is 229 Å². The van der Waals surface area contributed by atoms with Gasteiger partial charge in [0.15, 0.2) is 0 Å². The molecule has 1 aromatic heterocycles. The summed E-state index contributed by atoms with van der Waals surface area (Å²) >= 11 is 0. The molecule has 11 rings (SSSR count). The summed E-state index contributed by atoms with van der Waals surface area (Å²) in [7, 11) is 0. The summed E-state index contributed by atoms with van der Waals surface area (Å²) in [5, 5.41) is 4.59. The van der Waals surface area contributed by atoms with Crippen LogP contribution in [-0.4, -0.2) is 9.97 Å². The second kappa shape index (κ2) is 15.6. The SMILES string of the molecule is c1ccc(-c2ccc(N(c3ccc(-c4ccccc4)cc3)c3ccc(-c4ccc5c(ccc6ccc7nc(-c8ccccc8)c(-c8ccccc8)nc7c65)c4)cc3)cc2)cc1. The van der Waals surface area contributed by atoms with Crippen molar-refractivity contribution in [3.05, 3.63) is 237 Å². The molecule has 0 saturated heterocycles. The van der Waals surface area contributed by atoms with Crippen LogP contribution in [-0.2, 0) is 0 Å². The summed E-state index contributed by atoms with van der Waals surface area (Å²) in [6, 6.07) is 84.0. The van der Waals surface area contributed by atoms with Crippen LogP contribution in [0.1, 0.15) is 0 Å². The van der Waals surface area contributed by atoms with E-state index in [4.69, 9.17) is 9.97 Å². The van der Waals surface area contributed by atoms with Crippen LogP contribution in [0.4, 0.5) is 17.1 Å². The molecule has 0 atom stereocenters. The molecular weight excluding hydrogens is 739 g/mol. The Labute approximate surface area is 355 Å². The smallest absolute Gasteiger partial charge is 0.0979 e. The summed E-state index contributed by atoms with van der Waals surface area (Å²) in [5.74, 6) is 0. The molecule has 0 radical (unpaired) electrons. The maximum absolute atomic E-state index is 5.43. The fourth-order valence-electron chi connectivity index (χ4n) is 8.56. The largest absolute Gasteiger partial charge is 0.311 e. The van der Waals surface area contributed by atoms with E-state index in [1.807, 2.05) is 12.1 Å². The highest BCUT2D eigenvalue weighted by Gasteiger charge is 2.17. The van der Waals surface area contributed by atoms with Crippen molar-refractivity contribution in [3.8, 4) is 55.9 Å². The molecule has 0 amide bonds. The Kier molecular flexibility index (Phi) is 9.18. The standard InChI is InChI=1S/C58H39N3/c1-5-13-40(14-6-1)42-23-31-50(32-24-42)61(51-33-25-43(26-34-51)41-15-7-2-8-16-41)52-35-27-44(28-36-52)48-29-37-53-49(39-48)22-21-45-30-38-54-58(55(45)53)60-57(47-19-11-4-12-20-47)56(59-54)46-17-9-3-10-18-46/h1-39H. The van der Waals surface area contributed by atoms with Gasteiger partial charge < -0.3 is 4.90 Å². The van der Waals surface area contributed by atoms with E-state index in [9.17, 15) is 0 Å². The topological polar surface area (TPSA) is 29.0 Å². The van der Waals surface area contributed by atoms with Gasteiger partial charge in [-0.1, -0.05) is 188 Å². The fourth-order valence-corrected chi connectivity index (χ4v) is 8.56. The molecule has 0 saturated carbocycles. The lowest BCUT2D eigenvalue weighted by molar-refractivity contribution is 1.28. The lowest BCUT2D eigenvalue weighted by Gasteiger charge is -2.26. The normalized spacial score (nSPS) is 11.3. The third-order valence-corrected chi connectivity index (χ3v) is 11.7. The highest BCUT2D eigenvalue weighted by molar-refractivity contribution is 6.19. The number of hydrogen-bond acceptors (Lipinski definition) is 3. The first kappa shape index (κ1) is 36.0. The van der Waals surface area contributed by atoms with E-state index < -0.39 is 0 Å². The maximum atomic E-state index is 5.43. The van der Waals surface area contributed by atoms with Gasteiger partial charge >= 0.3 is 0 Å². The number of nitrogens with zero attached hydrogens (tertiary/aromatic N) is 3. The lowest BCUT2D eigenvalue weighted by Crippen LogP contribution is -2.09. The van der Waals surface area contributed by atoms with E-state index in [0.717, 1.165) is 83.3 Å². The van der Waals surface area contributed by atoms with Crippen LogP contribution in [0.3, 0.4) is 0 Å². The van der Waals surface area contributed by atoms with Gasteiger partial charge in [0.1, 0.15) is 0 Å². The Bertz CT molecular complexity index is 3210. The fraction of sp³-hybridized carbons (Fsp3) is 0. The van der Waals surface area contributed by atoms with Crippen LogP contribution in [0.2, 0.25) is 0 Å². The molecule has 0 bridgehead atoms. The molecule has 1 heterocycles. The van der Waals surface area contributed by atoms with Crippen molar-refractivity contribution in [2.45, 2.75) is 0 Å². The number of fused-ring (bicyclic) bond motifs is 5. The molecule has 0 aliphatic rings. The molecule has 10 aromatic carbocycles. The van der Waals surface area contributed by atoms with E-state index in [0.29, 0.717) is 0 Å². The van der Waals surface area contributed by atoms with Gasteiger partial charge in [-0.2, -0.15) is 0 Å². The van der Waals surface area contributed by atoms with Crippen molar-refractivity contribution in [2.24, 2.45) is 0 Å². The average molecular weight is 778 g/mol. The molecule has 61 heavy (non-hydrogen) atoms. The predicted octanol–water partition coefficient (Wildman–Crippen LogP) is 15.7. The van der Waals surface area contributed by atoms with Gasteiger partial charge in [-0.3, -0.25) is 0 Å². The van der Waals surface area contributed by atoms with Crippen molar-refractivity contribution in [1.82, 2.24) is 9.97 Å². The molecule has 3 heteroatoms. The lowest BCUT2D eigenvalue weighted by atomic mass is 9.96. The Morgan fingerprint density at radius 3 is 1.15 bits per heavy atom. The first-order chi connectivity index (χ1) is 30.2. The summed E-state index contributed by atoms with van der Waals surface area (Å²) in [4.78, 5) is 13.0. The number of benzene rings is 10. The number of rotatable bonds is 8. The molecule has 0 spiro atoms. The Morgan fingerprint density at radius 1 is 0.279 bits per heavy atom. The summed E-state index contributed by atoms with van der Waals surface area (Å²) in [6.45, 7) is 0. The minimum Gasteiger partial charge on any atom is -0.311 e. The Balaban J connectivity index is 0.976. The highest BCUT2D eigenvalue weighted by atomic mass is 15.1. The molecule has 0 N–H and O–H groups in total. The second-order valence-electron chi connectivity index (χ2n) is 15.4. The van der Waals surface area contributed by atoms with Gasteiger partial charge in [0.05, 0.1) is 22.4 Å². The zero-order chi connectivity index (χ0) is 40.5. The molecule has 0 fully saturated rings. The van der Waals surface area contributed by atoms with Crippen LogP contribution < -0.4 is 4.90 Å². The van der Waals surface area contributed by atoms with Crippen LogP contribution in [0.15, 0.2) is 237 Å². The molecule has 11 aromatic rings. The van der Waals surface area contributed by atoms with Crippen molar-refractivity contribution >= 4 is 49.6 Å². The predicted molar refractivity (Wildman–Crippen MR) is 256 cm³/mol. The Hall–Kier alpha value is -8.14. The molecule has 3 nitrogen and oxygen atoms in total. The number of aromatic nitrogens is 2. The van der Waals surface area contributed by atoms with Crippen molar-refractivity contribution in [3.63, 3.8) is 0 Å². The van der Waals surface area contributed by atoms with Gasteiger partial charge in [0, 0.05) is 33.6 Å². The molecule has 0 aliphatic carbocycles. The summed E-state index contributed by atoms with van der Waals surface area (Å²) in [6.07, 6.45) is 0. The minimum atomic E-state index is 0.882. The van der Waals surface area contributed by atoms with E-state index >= 15 is 0 Å². The molecule has 0 aliphatic heterocycles. The highest BCUT2D eigenvalue weighted by Crippen LogP contribution is 2.40. The van der Waals surface area contributed by atoms with Crippen LogP contribution in [0.5, 0.6) is 0 Å². The minimum absolute atomic E-state index is 0.882. The monoisotopic (exact) mass is 777 g/mol. The van der Waals surface area contributed by atoms with Gasteiger partial charge in [-0.15, -0.1) is 0 Å². The van der Waals surface area contributed by atoms with Crippen LogP contribution in [0, 0.1) is 0 Å². The second-order valence-corrected chi connectivity index (χ2v) is 15.4.